The Labute approximate surface area is 115 Å². The predicted octanol–water partition coefficient (Wildman–Crippen LogP) is 3.21. The number of thiocarbonyl (C=S) groups is 1. The Balaban J connectivity index is 2.15. The normalized spacial score (nSPS) is 10.2. The highest BCUT2D eigenvalue weighted by molar-refractivity contribution is 7.80. The van der Waals surface area contributed by atoms with E-state index in [0.29, 0.717) is 17.8 Å². The number of hydrogen-bond donors (Lipinski definition) is 2. The standard InChI is InChI=1S/C14H12F2N2S/c15-10-3-1-9(2-4-10)8-18-13-6-5-11(16)7-12(13)14(17)19/h1-7,18H,8H2,(H2,17,19). The van der Waals surface area contributed by atoms with Crippen molar-refractivity contribution in [3.63, 3.8) is 0 Å². The number of anilines is 1. The molecule has 0 saturated heterocycles. The molecule has 0 amide bonds. The summed E-state index contributed by atoms with van der Waals surface area (Å²) in [6, 6.07) is 10.3. The van der Waals surface area contributed by atoms with Gasteiger partial charge in [-0.15, -0.1) is 0 Å². The van der Waals surface area contributed by atoms with Crippen LogP contribution in [0.5, 0.6) is 0 Å². The van der Waals surface area contributed by atoms with Gasteiger partial charge in [0.1, 0.15) is 16.6 Å². The Morgan fingerprint density at radius 1 is 1.05 bits per heavy atom. The number of rotatable bonds is 4. The van der Waals surface area contributed by atoms with E-state index >= 15 is 0 Å². The third kappa shape index (κ3) is 3.48. The molecule has 0 atom stereocenters. The molecule has 0 radical (unpaired) electrons. The highest BCUT2D eigenvalue weighted by Gasteiger charge is 2.06. The quantitative estimate of drug-likeness (QED) is 0.843. The van der Waals surface area contributed by atoms with Gasteiger partial charge in [0.25, 0.3) is 0 Å². The molecule has 0 aliphatic rings. The van der Waals surface area contributed by atoms with Crippen LogP contribution in [-0.2, 0) is 6.54 Å². The molecular formula is C14H12F2N2S. The zero-order chi connectivity index (χ0) is 13.8. The molecule has 5 heteroatoms. The van der Waals surface area contributed by atoms with Crippen molar-refractivity contribution in [3.8, 4) is 0 Å². The van der Waals surface area contributed by atoms with Gasteiger partial charge in [0.2, 0.25) is 0 Å². The lowest BCUT2D eigenvalue weighted by Crippen LogP contribution is -2.13. The highest BCUT2D eigenvalue weighted by Crippen LogP contribution is 2.18. The maximum Gasteiger partial charge on any atom is 0.124 e. The third-order valence-corrected chi connectivity index (χ3v) is 2.86. The fraction of sp³-hybridized carbons (Fsp3) is 0.0714. The van der Waals surface area contributed by atoms with E-state index in [1.54, 1.807) is 18.2 Å². The van der Waals surface area contributed by atoms with Gasteiger partial charge in [0.15, 0.2) is 0 Å². The first-order valence-electron chi connectivity index (χ1n) is 5.64. The summed E-state index contributed by atoms with van der Waals surface area (Å²) >= 11 is 4.88. The molecule has 19 heavy (non-hydrogen) atoms. The van der Waals surface area contributed by atoms with Crippen molar-refractivity contribution in [1.82, 2.24) is 0 Å². The van der Waals surface area contributed by atoms with Crippen molar-refractivity contribution >= 4 is 22.9 Å². The maximum atomic E-state index is 13.1. The molecular weight excluding hydrogens is 266 g/mol. The van der Waals surface area contributed by atoms with Crippen molar-refractivity contribution < 1.29 is 8.78 Å². The molecule has 2 aromatic carbocycles. The third-order valence-electron chi connectivity index (χ3n) is 2.64. The number of nitrogens with one attached hydrogen (secondary N) is 1. The minimum absolute atomic E-state index is 0.126. The van der Waals surface area contributed by atoms with Crippen molar-refractivity contribution in [2.75, 3.05) is 5.32 Å². The Kier molecular flexibility index (Phi) is 4.06. The van der Waals surface area contributed by atoms with Crippen molar-refractivity contribution in [3.05, 3.63) is 65.2 Å². The topological polar surface area (TPSA) is 38.0 Å². The average molecular weight is 278 g/mol. The summed E-state index contributed by atoms with van der Waals surface area (Å²) in [5.41, 5.74) is 7.56. The second kappa shape index (κ2) is 5.75. The monoisotopic (exact) mass is 278 g/mol. The van der Waals surface area contributed by atoms with Gasteiger partial charge >= 0.3 is 0 Å². The van der Waals surface area contributed by atoms with Crippen LogP contribution in [-0.4, -0.2) is 4.99 Å². The summed E-state index contributed by atoms with van der Waals surface area (Å²) in [6.45, 7) is 0.474. The fourth-order valence-electron chi connectivity index (χ4n) is 1.67. The Morgan fingerprint density at radius 3 is 2.32 bits per heavy atom. The first-order chi connectivity index (χ1) is 9.06. The Hall–Kier alpha value is -2.01. The van der Waals surface area contributed by atoms with E-state index in [-0.39, 0.29) is 10.8 Å². The van der Waals surface area contributed by atoms with E-state index < -0.39 is 5.82 Å². The molecule has 0 unspecified atom stereocenters. The Bertz CT molecular complexity index is 597. The van der Waals surface area contributed by atoms with Gasteiger partial charge in [-0.05, 0) is 35.9 Å². The molecule has 0 saturated carbocycles. The van der Waals surface area contributed by atoms with Crippen LogP contribution in [0.25, 0.3) is 0 Å². The molecule has 3 N–H and O–H groups in total. The molecule has 0 bridgehead atoms. The van der Waals surface area contributed by atoms with Crippen molar-refractivity contribution in [1.29, 1.82) is 0 Å². The summed E-state index contributed by atoms with van der Waals surface area (Å²) < 4.78 is 25.9. The molecule has 0 aromatic heterocycles. The van der Waals surface area contributed by atoms with Crippen LogP contribution < -0.4 is 11.1 Å². The zero-order valence-corrected chi connectivity index (χ0v) is 10.8. The first-order valence-corrected chi connectivity index (χ1v) is 6.05. The van der Waals surface area contributed by atoms with Gasteiger partial charge in [-0.25, -0.2) is 8.78 Å². The summed E-state index contributed by atoms with van der Waals surface area (Å²) in [5, 5.41) is 3.10. The zero-order valence-electron chi connectivity index (χ0n) is 9.99. The van der Waals surface area contributed by atoms with Crippen LogP contribution in [0, 0.1) is 11.6 Å². The maximum absolute atomic E-state index is 13.1. The molecule has 2 aromatic rings. The van der Waals surface area contributed by atoms with Crippen LogP contribution in [0.4, 0.5) is 14.5 Å². The van der Waals surface area contributed by atoms with E-state index in [4.69, 9.17) is 18.0 Å². The molecule has 0 fully saturated rings. The lowest BCUT2D eigenvalue weighted by molar-refractivity contribution is 0.626. The van der Waals surface area contributed by atoms with Crippen LogP contribution in [0.3, 0.4) is 0 Å². The van der Waals surface area contributed by atoms with Gasteiger partial charge in [-0.3, -0.25) is 0 Å². The second-order valence-electron chi connectivity index (χ2n) is 4.03. The van der Waals surface area contributed by atoms with E-state index in [9.17, 15) is 8.78 Å². The van der Waals surface area contributed by atoms with Crippen LogP contribution in [0.2, 0.25) is 0 Å². The summed E-state index contributed by atoms with van der Waals surface area (Å²) in [7, 11) is 0. The lowest BCUT2D eigenvalue weighted by Gasteiger charge is -2.11. The minimum atomic E-state index is -0.393. The number of benzene rings is 2. The highest BCUT2D eigenvalue weighted by atomic mass is 32.1. The van der Waals surface area contributed by atoms with Gasteiger partial charge < -0.3 is 11.1 Å². The van der Waals surface area contributed by atoms with E-state index in [1.807, 2.05) is 0 Å². The average Bonchev–Trinajstić information content (AvgIpc) is 2.39. The molecule has 0 aliphatic heterocycles. The molecule has 0 heterocycles. The molecule has 98 valence electrons. The predicted molar refractivity (Wildman–Crippen MR) is 76.0 cm³/mol. The Morgan fingerprint density at radius 2 is 1.68 bits per heavy atom. The van der Waals surface area contributed by atoms with Gasteiger partial charge in [-0.2, -0.15) is 0 Å². The van der Waals surface area contributed by atoms with Crippen molar-refractivity contribution in [2.24, 2.45) is 5.73 Å². The van der Waals surface area contributed by atoms with Gasteiger partial charge in [-0.1, -0.05) is 24.4 Å². The largest absolute Gasteiger partial charge is 0.389 e. The second-order valence-corrected chi connectivity index (χ2v) is 4.47. The number of nitrogens with two attached hydrogens (primary N) is 1. The van der Waals surface area contributed by atoms with E-state index in [1.165, 1.54) is 24.3 Å². The van der Waals surface area contributed by atoms with Crippen LogP contribution in [0.15, 0.2) is 42.5 Å². The molecule has 0 aliphatic carbocycles. The van der Waals surface area contributed by atoms with Crippen LogP contribution in [0.1, 0.15) is 11.1 Å². The summed E-state index contributed by atoms with van der Waals surface area (Å²) in [5.74, 6) is -0.676. The SMILES string of the molecule is NC(=S)c1cc(F)ccc1NCc1ccc(F)cc1. The lowest BCUT2D eigenvalue weighted by atomic mass is 10.1. The van der Waals surface area contributed by atoms with E-state index in [0.717, 1.165) is 5.56 Å². The molecule has 2 rings (SSSR count). The van der Waals surface area contributed by atoms with Crippen molar-refractivity contribution in [2.45, 2.75) is 6.54 Å². The van der Waals surface area contributed by atoms with Crippen LogP contribution >= 0.6 is 12.2 Å². The summed E-state index contributed by atoms with van der Waals surface area (Å²) in [6.07, 6.45) is 0. The first kappa shape index (κ1) is 13.4. The van der Waals surface area contributed by atoms with E-state index in [2.05, 4.69) is 5.32 Å². The molecule has 0 spiro atoms. The number of hydrogen-bond acceptors (Lipinski definition) is 2. The van der Waals surface area contributed by atoms with Gasteiger partial charge in [0, 0.05) is 17.8 Å². The smallest absolute Gasteiger partial charge is 0.124 e. The summed E-state index contributed by atoms with van der Waals surface area (Å²) in [4.78, 5) is 0.126. The number of halogens is 2. The molecule has 2 nitrogen and oxygen atoms in total. The fourth-order valence-corrected chi connectivity index (χ4v) is 1.84. The minimum Gasteiger partial charge on any atom is -0.389 e. The van der Waals surface area contributed by atoms with Gasteiger partial charge in [0.05, 0.1) is 0 Å².